The number of nitrogens with one attached hydrogen (secondary N) is 1. The van der Waals surface area contributed by atoms with Crippen LogP contribution in [0.4, 0.5) is 5.69 Å². The zero-order chi connectivity index (χ0) is 15.5. The lowest BCUT2D eigenvalue weighted by molar-refractivity contribution is 0.0702. The van der Waals surface area contributed by atoms with E-state index in [2.05, 4.69) is 15.4 Å². The number of hydrogen-bond acceptors (Lipinski definition) is 5. The molecule has 110 valence electrons. The molecule has 0 unspecified atom stereocenters. The summed E-state index contributed by atoms with van der Waals surface area (Å²) >= 11 is 0.917. The Morgan fingerprint density at radius 1 is 1.14 bits per heavy atom. The molecule has 0 saturated heterocycles. The summed E-state index contributed by atoms with van der Waals surface area (Å²) in [5, 5.41) is 15.7. The van der Waals surface area contributed by atoms with Crippen molar-refractivity contribution in [2.24, 2.45) is 0 Å². The van der Waals surface area contributed by atoms with Crippen LogP contribution in [0.1, 0.15) is 19.3 Å². The zero-order valence-electron chi connectivity index (χ0n) is 11.1. The summed E-state index contributed by atoms with van der Waals surface area (Å²) in [4.78, 5) is 27.7. The highest BCUT2D eigenvalue weighted by atomic mass is 32.1. The second kappa shape index (κ2) is 5.78. The van der Waals surface area contributed by atoms with E-state index in [1.807, 2.05) is 0 Å². The fraction of sp³-hybridized carbons (Fsp3) is 0. The first-order valence-electron chi connectivity index (χ1n) is 6.24. The number of carbonyl (C=O) groups excluding carboxylic acids is 1. The van der Waals surface area contributed by atoms with Crippen molar-refractivity contribution in [1.82, 2.24) is 14.8 Å². The number of nitrogens with zero attached hydrogens (tertiary/aromatic N) is 3. The first-order valence-corrected chi connectivity index (χ1v) is 7.06. The van der Waals surface area contributed by atoms with Crippen LogP contribution in [0.25, 0.3) is 5.82 Å². The third kappa shape index (κ3) is 2.72. The number of hydrogen-bond donors (Lipinski definition) is 2. The Morgan fingerprint density at radius 2 is 1.95 bits per heavy atom. The first kappa shape index (κ1) is 14.0. The van der Waals surface area contributed by atoms with Gasteiger partial charge in [0.1, 0.15) is 4.88 Å². The van der Waals surface area contributed by atoms with Gasteiger partial charge in [-0.2, -0.15) is 5.10 Å². The zero-order valence-corrected chi connectivity index (χ0v) is 11.9. The summed E-state index contributed by atoms with van der Waals surface area (Å²) in [7, 11) is 0. The summed E-state index contributed by atoms with van der Waals surface area (Å²) in [6.45, 7) is 0. The van der Waals surface area contributed by atoms with Crippen LogP contribution in [0.3, 0.4) is 0 Å². The molecule has 7 nitrogen and oxygen atoms in total. The molecule has 8 heteroatoms. The van der Waals surface area contributed by atoms with E-state index in [0.29, 0.717) is 16.4 Å². The van der Waals surface area contributed by atoms with E-state index in [4.69, 9.17) is 5.11 Å². The van der Waals surface area contributed by atoms with Crippen molar-refractivity contribution in [2.45, 2.75) is 0 Å². The Bertz CT molecular complexity index is 826. The molecule has 3 heterocycles. The highest BCUT2D eigenvalue weighted by Crippen LogP contribution is 2.21. The van der Waals surface area contributed by atoms with Crippen molar-refractivity contribution >= 4 is 28.9 Å². The maximum atomic E-state index is 12.2. The average Bonchev–Trinajstić information content (AvgIpc) is 3.19. The van der Waals surface area contributed by atoms with E-state index in [1.165, 1.54) is 16.8 Å². The molecule has 0 fully saturated rings. The van der Waals surface area contributed by atoms with Gasteiger partial charge >= 0.3 is 5.97 Å². The van der Waals surface area contributed by atoms with E-state index < -0.39 is 5.97 Å². The molecular weight excluding hydrogens is 304 g/mol. The largest absolute Gasteiger partial charge is 0.477 e. The number of amides is 1. The fourth-order valence-electron chi connectivity index (χ4n) is 1.83. The summed E-state index contributed by atoms with van der Waals surface area (Å²) < 4.78 is 1.53. The van der Waals surface area contributed by atoms with Gasteiger partial charge in [0, 0.05) is 18.6 Å². The lowest BCUT2D eigenvalue weighted by Crippen LogP contribution is -2.13. The minimum absolute atomic E-state index is 0.114. The third-order valence-electron chi connectivity index (χ3n) is 2.80. The molecule has 0 saturated carbocycles. The number of aromatic carboxylic acids is 1. The van der Waals surface area contributed by atoms with Crippen molar-refractivity contribution in [3.8, 4) is 5.82 Å². The number of carbonyl (C=O) groups is 2. The number of rotatable bonds is 4. The molecule has 22 heavy (non-hydrogen) atoms. The molecule has 0 spiro atoms. The quantitative estimate of drug-likeness (QED) is 0.770. The van der Waals surface area contributed by atoms with E-state index in [1.54, 1.807) is 36.8 Å². The number of pyridine rings is 1. The van der Waals surface area contributed by atoms with Crippen LogP contribution >= 0.6 is 11.3 Å². The minimum atomic E-state index is -1.05. The molecule has 3 aromatic rings. The Morgan fingerprint density at radius 3 is 2.64 bits per heavy atom. The molecule has 0 radical (unpaired) electrons. The standard InChI is InChI=1S/C14H10N4O3S/c19-13(10-4-5-11(22-10)14(20)21)17-9-3-1-6-15-12(9)18-8-2-7-16-18/h1-8H,(H,17,19)(H,20,21). The first-order chi connectivity index (χ1) is 10.6. The van der Waals surface area contributed by atoms with E-state index in [9.17, 15) is 9.59 Å². The molecule has 0 aliphatic rings. The van der Waals surface area contributed by atoms with Crippen LogP contribution in [0.15, 0.2) is 48.9 Å². The van der Waals surface area contributed by atoms with Crippen LogP contribution in [-0.4, -0.2) is 31.7 Å². The van der Waals surface area contributed by atoms with Crippen molar-refractivity contribution in [3.63, 3.8) is 0 Å². The van der Waals surface area contributed by atoms with Crippen LogP contribution in [0.2, 0.25) is 0 Å². The molecule has 3 aromatic heterocycles. The molecule has 2 N–H and O–H groups in total. The van der Waals surface area contributed by atoms with Gasteiger partial charge in [0.25, 0.3) is 5.91 Å². The van der Waals surface area contributed by atoms with Gasteiger partial charge in [-0.25, -0.2) is 14.5 Å². The van der Waals surface area contributed by atoms with Gasteiger partial charge in [0.2, 0.25) is 0 Å². The van der Waals surface area contributed by atoms with Gasteiger partial charge in [-0.05, 0) is 30.3 Å². The smallest absolute Gasteiger partial charge is 0.345 e. The van der Waals surface area contributed by atoms with Crippen molar-refractivity contribution < 1.29 is 14.7 Å². The predicted molar refractivity (Wildman–Crippen MR) is 80.6 cm³/mol. The molecule has 0 bridgehead atoms. The second-order valence-electron chi connectivity index (χ2n) is 4.25. The maximum absolute atomic E-state index is 12.2. The summed E-state index contributed by atoms with van der Waals surface area (Å²) in [6.07, 6.45) is 4.92. The fourth-order valence-corrected chi connectivity index (χ4v) is 2.57. The molecule has 1 amide bonds. The number of carboxylic acids is 1. The van der Waals surface area contributed by atoms with E-state index in [0.717, 1.165) is 11.3 Å². The summed E-state index contributed by atoms with van der Waals surface area (Å²) in [6, 6.07) is 8.03. The number of thiophene rings is 1. The highest BCUT2D eigenvalue weighted by Gasteiger charge is 2.15. The van der Waals surface area contributed by atoms with Crippen molar-refractivity contribution in [1.29, 1.82) is 0 Å². The van der Waals surface area contributed by atoms with Gasteiger partial charge in [-0.1, -0.05) is 0 Å². The van der Waals surface area contributed by atoms with Gasteiger partial charge < -0.3 is 10.4 Å². The maximum Gasteiger partial charge on any atom is 0.345 e. The van der Waals surface area contributed by atoms with Gasteiger partial charge in [0.15, 0.2) is 5.82 Å². The SMILES string of the molecule is O=C(O)c1ccc(C(=O)Nc2cccnc2-n2cccn2)s1. The van der Waals surface area contributed by atoms with Crippen LogP contribution in [0.5, 0.6) is 0 Å². The minimum Gasteiger partial charge on any atom is -0.477 e. The summed E-state index contributed by atoms with van der Waals surface area (Å²) in [5.74, 6) is -0.961. The number of carboxylic acid groups (broad SMARTS) is 1. The Kier molecular flexibility index (Phi) is 3.67. The van der Waals surface area contributed by atoms with Gasteiger partial charge in [-0.3, -0.25) is 4.79 Å². The van der Waals surface area contributed by atoms with Gasteiger partial charge in [0.05, 0.1) is 10.6 Å². The number of anilines is 1. The van der Waals surface area contributed by atoms with Crippen molar-refractivity contribution in [2.75, 3.05) is 5.32 Å². The molecule has 0 atom stereocenters. The molecule has 0 aromatic carbocycles. The molecule has 0 aliphatic heterocycles. The van der Waals surface area contributed by atoms with Crippen molar-refractivity contribution in [3.05, 3.63) is 58.7 Å². The summed E-state index contributed by atoms with van der Waals surface area (Å²) in [5.41, 5.74) is 0.487. The molecule has 0 aliphatic carbocycles. The van der Waals surface area contributed by atoms with Crippen LogP contribution in [0, 0.1) is 0 Å². The molecular formula is C14H10N4O3S. The van der Waals surface area contributed by atoms with Crippen LogP contribution in [-0.2, 0) is 0 Å². The number of aromatic nitrogens is 3. The predicted octanol–water partition coefficient (Wildman–Crippen LogP) is 2.28. The molecule has 3 rings (SSSR count). The Labute approximate surface area is 128 Å². The lowest BCUT2D eigenvalue weighted by atomic mass is 10.3. The van der Waals surface area contributed by atoms with Crippen LogP contribution < -0.4 is 5.32 Å². The van der Waals surface area contributed by atoms with E-state index >= 15 is 0 Å². The third-order valence-corrected chi connectivity index (χ3v) is 3.87. The monoisotopic (exact) mass is 314 g/mol. The topological polar surface area (TPSA) is 97.1 Å². The average molecular weight is 314 g/mol. The Balaban J connectivity index is 1.87. The normalized spacial score (nSPS) is 10.4. The second-order valence-corrected chi connectivity index (χ2v) is 5.33. The van der Waals surface area contributed by atoms with E-state index in [-0.39, 0.29) is 10.8 Å². The Hall–Kier alpha value is -3.00. The highest BCUT2D eigenvalue weighted by molar-refractivity contribution is 7.15. The lowest BCUT2D eigenvalue weighted by Gasteiger charge is -2.08. The van der Waals surface area contributed by atoms with Gasteiger partial charge in [-0.15, -0.1) is 11.3 Å².